The lowest BCUT2D eigenvalue weighted by Crippen LogP contribution is -2.50. The van der Waals surface area contributed by atoms with Crippen molar-refractivity contribution in [1.29, 1.82) is 0 Å². The SMILES string of the molecule is CCC1(CNC(=O)c2ccc(OC(C)C)cc2)CCCN(S(=O)(=O)c2cn(C)cn2)C1. The number of nitrogens with one attached hydrogen (secondary N) is 1. The number of benzene rings is 1. The Kier molecular flexibility index (Phi) is 7.06. The van der Waals surface area contributed by atoms with Gasteiger partial charge in [0.15, 0.2) is 5.03 Å². The number of amides is 1. The summed E-state index contributed by atoms with van der Waals surface area (Å²) in [5, 5.41) is 3.08. The van der Waals surface area contributed by atoms with Crippen LogP contribution in [0.25, 0.3) is 0 Å². The van der Waals surface area contributed by atoms with Gasteiger partial charge in [-0.05, 0) is 57.4 Å². The van der Waals surface area contributed by atoms with Crippen molar-refractivity contribution in [3.05, 3.63) is 42.4 Å². The molecule has 2 aromatic rings. The number of nitrogens with zero attached hydrogens (tertiary/aromatic N) is 3. The van der Waals surface area contributed by atoms with E-state index in [0.29, 0.717) is 25.2 Å². The van der Waals surface area contributed by atoms with E-state index in [1.165, 1.54) is 16.8 Å². The number of ether oxygens (including phenoxy) is 1. The monoisotopic (exact) mass is 448 g/mol. The Morgan fingerprint density at radius 1 is 1.29 bits per heavy atom. The maximum atomic E-state index is 13.0. The minimum atomic E-state index is -3.65. The van der Waals surface area contributed by atoms with Crippen LogP contribution in [0.5, 0.6) is 5.75 Å². The Morgan fingerprint density at radius 3 is 2.58 bits per heavy atom. The van der Waals surface area contributed by atoms with E-state index < -0.39 is 10.0 Å². The number of sulfonamides is 1. The van der Waals surface area contributed by atoms with Crippen LogP contribution in [0.4, 0.5) is 0 Å². The van der Waals surface area contributed by atoms with Crippen molar-refractivity contribution in [2.75, 3.05) is 19.6 Å². The van der Waals surface area contributed by atoms with Crippen LogP contribution in [0, 0.1) is 5.41 Å². The first-order chi connectivity index (χ1) is 14.6. The summed E-state index contributed by atoms with van der Waals surface area (Å²) in [6.07, 6.45) is 5.45. The molecule has 0 aliphatic carbocycles. The number of hydrogen-bond acceptors (Lipinski definition) is 5. The summed E-state index contributed by atoms with van der Waals surface area (Å²) in [7, 11) is -1.91. The topological polar surface area (TPSA) is 93.5 Å². The molecule has 1 aliphatic rings. The molecule has 31 heavy (non-hydrogen) atoms. The first kappa shape index (κ1) is 23.3. The molecular weight excluding hydrogens is 416 g/mol. The quantitative estimate of drug-likeness (QED) is 0.670. The van der Waals surface area contributed by atoms with E-state index in [1.54, 1.807) is 35.9 Å². The van der Waals surface area contributed by atoms with Gasteiger partial charge in [-0.1, -0.05) is 6.92 Å². The Morgan fingerprint density at radius 2 is 2.00 bits per heavy atom. The fraction of sp³-hybridized carbons (Fsp3) is 0.545. The van der Waals surface area contributed by atoms with E-state index in [9.17, 15) is 13.2 Å². The first-order valence-electron chi connectivity index (χ1n) is 10.7. The van der Waals surface area contributed by atoms with Crippen molar-refractivity contribution in [2.24, 2.45) is 12.5 Å². The highest BCUT2D eigenvalue weighted by Crippen LogP contribution is 2.35. The van der Waals surface area contributed by atoms with Crippen molar-refractivity contribution >= 4 is 15.9 Å². The van der Waals surface area contributed by atoms with E-state index in [4.69, 9.17) is 4.74 Å². The summed E-state index contributed by atoms with van der Waals surface area (Å²) < 4.78 is 34.8. The molecule has 1 aliphatic heterocycles. The number of carbonyl (C=O) groups excluding carboxylic acids is 1. The van der Waals surface area contributed by atoms with E-state index >= 15 is 0 Å². The van der Waals surface area contributed by atoms with Crippen LogP contribution >= 0.6 is 0 Å². The molecule has 1 N–H and O–H groups in total. The normalized spacial score (nSPS) is 20.0. The van der Waals surface area contributed by atoms with Gasteiger partial charge < -0.3 is 14.6 Å². The minimum Gasteiger partial charge on any atom is -0.491 e. The number of hydrogen-bond donors (Lipinski definition) is 1. The summed E-state index contributed by atoms with van der Waals surface area (Å²) in [5.74, 6) is 0.549. The molecule has 1 aromatic carbocycles. The van der Waals surface area contributed by atoms with Gasteiger partial charge in [0.05, 0.1) is 12.4 Å². The van der Waals surface area contributed by atoms with Crippen molar-refractivity contribution in [1.82, 2.24) is 19.2 Å². The van der Waals surface area contributed by atoms with E-state index in [-0.39, 0.29) is 22.5 Å². The van der Waals surface area contributed by atoms with Gasteiger partial charge in [-0.2, -0.15) is 4.31 Å². The minimum absolute atomic E-state index is 0.0645. The number of aromatic nitrogens is 2. The van der Waals surface area contributed by atoms with Gasteiger partial charge in [0, 0.05) is 43.9 Å². The second kappa shape index (κ2) is 9.40. The van der Waals surface area contributed by atoms with Crippen LogP contribution in [0.1, 0.15) is 50.4 Å². The molecule has 2 heterocycles. The molecule has 3 rings (SSSR count). The fourth-order valence-corrected chi connectivity index (χ4v) is 5.46. The van der Waals surface area contributed by atoms with Crippen LogP contribution in [0.2, 0.25) is 0 Å². The highest BCUT2D eigenvalue weighted by molar-refractivity contribution is 7.89. The highest BCUT2D eigenvalue weighted by atomic mass is 32.2. The van der Waals surface area contributed by atoms with Gasteiger partial charge in [0.2, 0.25) is 0 Å². The zero-order chi connectivity index (χ0) is 22.6. The van der Waals surface area contributed by atoms with Gasteiger partial charge in [-0.15, -0.1) is 0 Å². The Bertz CT molecular complexity index is 1000. The number of rotatable bonds is 8. The van der Waals surface area contributed by atoms with Gasteiger partial charge in [-0.25, -0.2) is 13.4 Å². The second-order valence-corrected chi connectivity index (χ2v) is 10.4. The first-order valence-corrected chi connectivity index (χ1v) is 12.1. The molecule has 0 spiro atoms. The van der Waals surface area contributed by atoms with Crippen LogP contribution in [0.3, 0.4) is 0 Å². The average molecular weight is 449 g/mol. The highest BCUT2D eigenvalue weighted by Gasteiger charge is 2.40. The summed E-state index contributed by atoms with van der Waals surface area (Å²) >= 11 is 0. The number of piperidine rings is 1. The van der Waals surface area contributed by atoms with E-state index in [1.807, 2.05) is 20.8 Å². The van der Waals surface area contributed by atoms with Gasteiger partial charge >= 0.3 is 0 Å². The maximum absolute atomic E-state index is 13.0. The lowest BCUT2D eigenvalue weighted by Gasteiger charge is -2.41. The molecule has 0 bridgehead atoms. The largest absolute Gasteiger partial charge is 0.491 e. The van der Waals surface area contributed by atoms with Crippen LogP contribution in [-0.2, 0) is 17.1 Å². The number of imidazole rings is 1. The van der Waals surface area contributed by atoms with Gasteiger partial charge in [0.1, 0.15) is 5.75 Å². The molecule has 0 saturated carbocycles. The predicted molar refractivity (Wildman–Crippen MR) is 118 cm³/mol. The fourth-order valence-electron chi connectivity index (χ4n) is 3.91. The third-order valence-electron chi connectivity index (χ3n) is 5.77. The predicted octanol–water partition coefficient (Wildman–Crippen LogP) is 2.82. The zero-order valence-electron chi connectivity index (χ0n) is 18.7. The molecule has 170 valence electrons. The van der Waals surface area contributed by atoms with Crippen LogP contribution in [-0.4, -0.2) is 53.9 Å². The smallest absolute Gasteiger partial charge is 0.262 e. The molecule has 1 fully saturated rings. The summed E-state index contributed by atoms with van der Waals surface area (Å²) in [5.41, 5.74) is 0.243. The van der Waals surface area contributed by atoms with Crippen molar-refractivity contribution in [3.8, 4) is 5.75 Å². The van der Waals surface area contributed by atoms with Crippen molar-refractivity contribution < 1.29 is 17.9 Å². The average Bonchev–Trinajstić information content (AvgIpc) is 3.19. The third-order valence-corrected chi connectivity index (χ3v) is 7.50. The summed E-state index contributed by atoms with van der Waals surface area (Å²) in [6.45, 7) is 7.19. The molecule has 1 saturated heterocycles. The number of carbonyl (C=O) groups is 1. The summed E-state index contributed by atoms with van der Waals surface area (Å²) in [4.78, 5) is 16.7. The lowest BCUT2D eigenvalue weighted by molar-refractivity contribution is 0.0883. The van der Waals surface area contributed by atoms with Gasteiger partial charge in [0.25, 0.3) is 15.9 Å². The third kappa shape index (κ3) is 5.46. The molecule has 8 nitrogen and oxygen atoms in total. The number of aryl methyl sites for hydroxylation is 1. The molecular formula is C22H32N4O4S. The van der Waals surface area contributed by atoms with Crippen molar-refractivity contribution in [3.63, 3.8) is 0 Å². The van der Waals surface area contributed by atoms with Crippen molar-refractivity contribution in [2.45, 2.75) is 51.2 Å². The maximum Gasteiger partial charge on any atom is 0.262 e. The van der Waals surface area contributed by atoms with Gasteiger partial charge in [-0.3, -0.25) is 4.79 Å². The van der Waals surface area contributed by atoms with E-state index in [0.717, 1.165) is 25.0 Å². The van der Waals surface area contributed by atoms with E-state index in [2.05, 4.69) is 10.3 Å². The Balaban J connectivity index is 1.67. The zero-order valence-corrected chi connectivity index (χ0v) is 19.5. The molecule has 0 radical (unpaired) electrons. The van der Waals surface area contributed by atoms with Crippen LogP contribution in [0.15, 0.2) is 41.8 Å². The molecule has 1 aromatic heterocycles. The Hall–Kier alpha value is -2.39. The Labute approximate surface area is 184 Å². The standard InChI is InChI=1S/C22H32N4O4S/c1-5-22(14-23-21(27)18-7-9-19(10-8-18)30-17(2)3)11-6-12-26(15-22)31(28,29)20-13-25(4)16-24-20/h7-10,13,16-17H,5-6,11-12,14-15H2,1-4H3,(H,23,27). The molecule has 1 unspecified atom stereocenters. The lowest BCUT2D eigenvalue weighted by atomic mass is 9.78. The second-order valence-electron chi connectivity index (χ2n) is 8.55. The molecule has 1 atom stereocenters. The molecule has 1 amide bonds. The summed E-state index contributed by atoms with van der Waals surface area (Å²) in [6, 6.07) is 7.05. The molecule has 9 heteroatoms. The van der Waals surface area contributed by atoms with Crippen LogP contribution < -0.4 is 10.1 Å².